The number of aliphatic hydroxyl groups is 1. The Balaban J connectivity index is 1.62. The number of fused-ring (bicyclic) bond motifs is 4. The van der Waals surface area contributed by atoms with Gasteiger partial charge in [-0.05, 0) is 41.2 Å². The van der Waals surface area contributed by atoms with Crippen molar-refractivity contribution in [1.82, 2.24) is 4.98 Å². The van der Waals surface area contributed by atoms with E-state index in [0.29, 0.717) is 41.0 Å². The number of benzene rings is 2. The molecule has 34 heavy (non-hydrogen) atoms. The lowest BCUT2D eigenvalue weighted by Gasteiger charge is -2.49. The van der Waals surface area contributed by atoms with E-state index in [0.717, 1.165) is 11.6 Å². The standard InChI is InChI=1S/C25H24F4N2O3/c1-23(2)12-24(33,25(27,28)29)16(14-4-3-13-9-10-34-22(13)20(14)23)11-30-18-7-6-17(26)21-15(18)5-8-19(32)31-21/h3-8,16,30,33H,9-12H2,1-2H3,(H,31,32). The molecule has 0 amide bonds. The Morgan fingerprint density at radius 2 is 1.94 bits per heavy atom. The van der Waals surface area contributed by atoms with E-state index in [-0.39, 0.29) is 12.1 Å². The lowest BCUT2D eigenvalue weighted by Crippen LogP contribution is -2.58. The van der Waals surface area contributed by atoms with Crippen LogP contribution in [0, 0.1) is 5.82 Å². The van der Waals surface area contributed by atoms with Gasteiger partial charge in [-0.2, -0.15) is 13.2 Å². The Labute approximate surface area is 192 Å². The Bertz CT molecular complexity index is 1350. The molecular weight excluding hydrogens is 452 g/mol. The number of nitrogens with one attached hydrogen (secondary N) is 2. The second-order valence-corrected chi connectivity index (χ2v) is 9.74. The van der Waals surface area contributed by atoms with Gasteiger partial charge in [-0.3, -0.25) is 4.79 Å². The third kappa shape index (κ3) is 3.36. The normalized spacial score (nSPS) is 23.3. The largest absolute Gasteiger partial charge is 0.493 e. The van der Waals surface area contributed by atoms with Crippen LogP contribution in [0.3, 0.4) is 0 Å². The van der Waals surface area contributed by atoms with Gasteiger partial charge < -0.3 is 20.1 Å². The molecule has 0 fully saturated rings. The van der Waals surface area contributed by atoms with Crippen LogP contribution in [0.1, 0.15) is 42.9 Å². The van der Waals surface area contributed by atoms with Crippen LogP contribution < -0.4 is 15.6 Å². The zero-order valence-corrected chi connectivity index (χ0v) is 18.6. The number of rotatable bonds is 3. The number of pyridine rings is 1. The van der Waals surface area contributed by atoms with Crippen molar-refractivity contribution in [2.45, 2.75) is 49.8 Å². The summed E-state index contributed by atoms with van der Waals surface area (Å²) in [6, 6.07) is 8.60. The van der Waals surface area contributed by atoms with Gasteiger partial charge in [0.05, 0.1) is 12.1 Å². The van der Waals surface area contributed by atoms with Crippen molar-refractivity contribution in [3.63, 3.8) is 0 Å². The summed E-state index contributed by atoms with van der Waals surface area (Å²) in [6.45, 7) is 3.59. The van der Waals surface area contributed by atoms with Crippen molar-refractivity contribution in [3.05, 3.63) is 69.3 Å². The molecule has 2 aromatic carbocycles. The maximum Gasteiger partial charge on any atom is 0.417 e. The molecule has 1 aliphatic heterocycles. The number of aromatic amines is 1. The van der Waals surface area contributed by atoms with Gasteiger partial charge in [0.25, 0.3) is 0 Å². The number of aromatic nitrogens is 1. The average Bonchev–Trinajstić information content (AvgIpc) is 3.22. The predicted octanol–water partition coefficient (Wildman–Crippen LogP) is 4.77. The maximum atomic E-state index is 14.4. The molecule has 3 N–H and O–H groups in total. The topological polar surface area (TPSA) is 74.4 Å². The van der Waals surface area contributed by atoms with Gasteiger partial charge in [-0.25, -0.2) is 4.39 Å². The lowest BCUT2D eigenvalue weighted by atomic mass is 9.60. The highest BCUT2D eigenvalue weighted by Crippen LogP contribution is 2.57. The fourth-order valence-electron chi connectivity index (χ4n) is 5.56. The summed E-state index contributed by atoms with van der Waals surface area (Å²) < 4.78 is 63.1. The first-order chi connectivity index (χ1) is 15.9. The second kappa shape index (κ2) is 7.46. The van der Waals surface area contributed by atoms with Gasteiger partial charge in [-0.15, -0.1) is 0 Å². The van der Waals surface area contributed by atoms with Crippen molar-refractivity contribution in [2.24, 2.45) is 0 Å². The number of H-pyrrole nitrogens is 1. The second-order valence-electron chi connectivity index (χ2n) is 9.74. The Morgan fingerprint density at radius 1 is 1.18 bits per heavy atom. The van der Waals surface area contributed by atoms with Crippen molar-refractivity contribution in [1.29, 1.82) is 0 Å². The minimum absolute atomic E-state index is 0.0417. The average molecular weight is 476 g/mol. The molecule has 2 unspecified atom stereocenters. The maximum absolute atomic E-state index is 14.4. The van der Waals surface area contributed by atoms with Crippen LogP contribution in [0.2, 0.25) is 0 Å². The van der Waals surface area contributed by atoms with Crippen LogP contribution in [0.15, 0.2) is 41.2 Å². The first-order valence-corrected chi connectivity index (χ1v) is 11.1. The quantitative estimate of drug-likeness (QED) is 0.476. The Kier molecular flexibility index (Phi) is 4.99. The summed E-state index contributed by atoms with van der Waals surface area (Å²) in [5.41, 5.74) is -2.14. The number of anilines is 1. The molecule has 0 saturated heterocycles. The molecule has 2 aliphatic rings. The number of alkyl halides is 3. The minimum atomic E-state index is -4.88. The molecule has 1 aromatic heterocycles. The summed E-state index contributed by atoms with van der Waals surface area (Å²) in [5, 5.41) is 14.5. The monoisotopic (exact) mass is 476 g/mol. The SMILES string of the molecule is CC1(C)CC(O)(C(F)(F)F)C(CNc2ccc(F)c3[nH]c(=O)ccc23)c2ccc3c(c21)OCC3. The van der Waals surface area contributed by atoms with E-state index < -0.39 is 40.9 Å². The van der Waals surface area contributed by atoms with Crippen LogP contribution in [0.5, 0.6) is 5.75 Å². The van der Waals surface area contributed by atoms with Crippen LogP contribution >= 0.6 is 0 Å². The third-order valence-corrected chi connectivity index (χ3v) is 7.06. The van der Waals surface area contributed by atoms with E-state index in [4.69, 9.17) is 4.74 Å². The lowest BCUT2D eigenvalue weighted by molar-refractivity contribution is -0.277. The molecule has 0 saturated carbocycles. The zero-order chi connectivity index (χ0) is 24.5. The summed E-state index contributed by atoms with van der Waals surface area (Å²) in [4.78, 5) is 14.0. The summed E-state index contributed by atoms with van der Waals surface area (Å²) >= 11 is 0. The van der Waals surface area contributed by atoms with Crippen LogP contribution in [-0.4, -0.2) is 35.0 Å². The smallest absolute Gasteiger partial charge is 0.417 e. The molecule has 0 bridgehead atoms. The zero-order valence-electron chi connectivity index (χ0n) is 18.6. The molecule has 1 aliphatic carbocycles. The molecule has 5 rings (SSSR count). The summed E-state index contributed by atoms with van der Waals surface area (Å²) in [5.74, 6) is -1.38. The number of hydrogen-bond donors (Lipinski definition) is 3. The highest BCUT2D eigenvalue weighted by molar-refractivity contribution is 5.91. The summed E-state index contributed by atoms with van der Waals surface area (Å²) in [6.07, 6.45) is -4.73. The van der Waals surface area contributed by atoms with Crippen LogP contribution in [-0.2, 0) is 11.8 Å². The minimum Gasteiger partial charge on any atom is -0.493 e. The molecule has 5 nitrogen and oxygen atoms in total. The number of halogens is 4. The highest BCUT2D eigenvalue weighted by Gasteiger charge is 2.64. The number of ether oxygens (including phenoxy) is 1. The molecule has 3 aromatic rings. The van der Waals surface area contributed by atoms with Crippen molar-refractivity contribution >= 4 is 16.6 Å². The van der Waals surface area contributed by atoms with Gasteiger partial charge in [0, 0.05) is 41.6 Å². The van der Waals surface area contributed by atoms with Crippen molar-refractivity contribution in [2.75, 3.05) is 18.5 Å². The molecule has 9 heteroatoms. The molecule has 180 valence electrons. The highest BCUT2D eigenvalue weighted by atomic mass is 19.4. The van der Waals surface area contributed by atoms with E-state index in [1.54, 1.807) is 26.0 Å². The molecular formula is C25H24F4N2O3. The van der Waals surface area contributed by atoms with E-state index in [1.165, 1.54) is 18.2 Å². The van der Waals surface area contributed by atoms with E-state index in [2.05, 4.69) is 10.3 Å². The van der Waals surface area contributed by atoms with Crippen LogP contribution in [0.25, 0.3) is 10.9 Å². The van der Waals surface area contributed by atoms with Crippen LogP contribution in [0.4, 0.5) is 23.2 Å². The van der Waals surface area contributed by atoms with Crippen molar-refractivity contribution in [3.8, 4) is 5.75 Å². The first kappa shape index (κ1) is 22.7. The third-order valence-electron chi connectivity index (χ3n) is 7.06. The van der Waals surface area contributed by atoms with E-state index in [1.807, 2.05) is 0 Å². The van der Waals surface area contributed by atoms with Gasteiger partial charge in [0.2, 0.25) is 5.56 Å². The molecule has 0 spiro atoms. The fourth-order valence-corrected chi connectivity index (χ4v) is 5.56. The van der Waals surface area contributed by atoms with Crippen molar-refractivity contribution < 1.29 is 27.4 Å². The molecule has 0 radical (unpaired) electrons. The summed E-state index contributed by atoms with van der Waals surface area (Å²) in [7, 11) is 0. The predicted molar refractivity (Wildman–Crippen MR) is 120 cm³/mol. The fraction of sp³-hybridized carbons (Fsp3) is 0.400. The van der Waals surface area contributed by atoms with E-state index >= 15 is 0 Å². The van der Waals surface area contributed by atoms with Gasteiger partial charge in [-0.1, -0.05) is 26.0 Å². The van der Waals surface area contributed by atoms with E-state index in [9.17, 15) is 27.5 Å². The molecule has 2 heterocycles. The first-order valence-electron chi connectivity index (χ1n) is 11.1. The van der Waals surface area contributed by atoms with Gasteiger partial charge in [0.15, 0.2) is 5.60 Å². The van der Waals surface area contributed by atoms with Gasteiger partial charge >= 0.3 is 6.18 Å². The molecule has 2 atom stereocenters. The van der Waals surface area contributed by atoms with Gasteiger partial charge in [0.1, 0.15) is 11.6 Å². The Hall–Kier alpha value is -3.07. The number of hydrogen-bond acceptors (Lipinski definition) is 4. The Morgan fingerprint density at radius 3 is 2.68 bits per heavy atom.